The molecule has 0 atom stereocenters. The summed E-state index contributed by atoms with van der Waals surface area (Å²) in [4.78, 5) is 16.2. The molecule has 5 nitrogen and oxygen atoms in total. The molecule has 3 rings (SSSR count). The van der Waals surface area contributed by atoms with Gasteiger partial charge in [-0.1, -0.05) is 45.7 Å². The van der Waals surface area contributed by atoms with E-state index in [0.717, 1.165) is 20.9 Å². The van der Waals surface area contributed by atoms with E-state index < -0.39 is 0 Å². The fraction of sp³-hybridized carbons (Fsp3) is 0.105. The average Bonchev–Trinajstić information content (AvgIpc) is 2.60. The van der Waals surface area contributed by atoms with E-state index in [9.17, 15) is 4.79 Å². The van der Waals surface area contributed by atoms with E-state index in [1.54, 1.807) is 12.1 Å². The number of carbonyl (C=O) groups is 1. The molecule has 0 bridgehead atoms. The Morgan fingerprint density at radius 3 is 2.96 bits per heavy atom. The summed E-state index contributed by atoms with van der Waals surface area (Å²) in [7, 11) is 0. The third kappa shape index (κ3) is 4.80. The van der Waals surface area contributed by atoms with Crippen molar-refractivity contribution < 1.29 is 9.53 Å². The predicted octanol–water partition coefficient (Wildman–Crippen LogP) is 4.49. The number of carbonyl (C=O) groups excluding carboxylic acids is 1. The highest BCUT2D eigenvalue weighted by molar-refractivity contribution is 9.10. The Bertz CT molecular complexity index is 992. The minimum Gasteiger partial charge on any atom is -0.484 e. The molecule has 0 radical (unpaired) electrons. The fourth-order valence-electron chi connectivity index (χ4n) is 2.27. The second-order valence-corrected chi connectivity index (χ2v) is 6.88. The number of nitrogens with one attached hydrogen (secondary N) is 1. The van der Waals surface area contributed by atoms with Gasteiger partial charge in [0.2, 0.25) is 0 Å². The van der Waals surface area contributed by atoms with Gasteiger partial charge in [-0.2, -0.15) is 5.10 Å². The van der Waals surface area contributed by atoms with Crippen molar-refractivity contribution in [3.63, 3.8) is 0 Å². The predicted molar refractivity (Wildman–Crippen MR) is 107 cm³/mol. The molecule has 0 saturated carbocycles. The molecule has 1 amide bonds. The maximum absolute atomic E-state index is 11.8. The molecule has 0 aliphatic rings. The quantitative estimate of drug-likeness (QED) is 0.367. The minimum absolute atomic E-state index is 0.142. The number of hydrogen-bond acceptors (Lipinski definition) is 4. The topological polar surface area (TPSA) is 63.6 Å². The van der Waals surface area contributed by atoms with E-state index >= 15 is 0 Å². The molecular formula is C19H15BrClN3O2. The van der Waals surface area contributed by atoms with Crippen molar-refractivity contribution in [2.75, 3.05) is 6.61 Å². The number of benzene rings is 2. The Morgan fingerprint density at radius 2 is 2.15 bits per heavy atom. The van der Waals surface area contributed by atoms with E-state index in [2.05, 4.69) is 31.4 Å². The highest BCUT2D eigenvalue weighted by Crippen LogP contribution is 2.20. The van der Waals surface area contributed by atoms with Crippen molar-refractivity contribution in [2.24, 2.45) is 5.10 Å². The molecule has 0 aliphatic carbocycles. The summed E-state index contributed by atoms with van der Waals surface area (Å²) in [6, 6.07) is 15.0. The first-order chi connectivity index (χ1) is 12.5. The zero-order chi connectivity index (χ0) is 18.5. The van der Waals surface area contributed by atoms with E-state index in [-0.39, 0.29) is 12.5 Å². The SMILES string of the molecule is Cc1ccc2cc(C=NNC(=O)COc3cccc(Br)c3)c(Cl)nc2c1. The van der Waals surface area contributed by atoms with E-state index in [4.69, 9.17) is 16.3 Å². The van der Waals surface area contributed by atoms with Gasteiger partial charge < -0.3 is 4.74 Å². The van der Waals surface area contributed by atoms with Gasteiger partial charge in [-0.25, -0.2) is 10.4 Å². The van der Waals surface area contributed by atoms with Gasteiger partial charge in [-0.3, -0.25) is 4.79 Å². The van der Waals surface area contributed by atoms with Gasteiger partial charge in [0, 0.05) is 15.4 Å². The van der Waals surface area contributed by atoms with Crippen LogP contribution in [-0.4, -0.2) is 23.7 Å². The van der Waals surface area contributed by atoms with Crippen molar-refractivity contribution >= 4 is 50.6 Å². The van der Waals surface area contributed by atoms with E-state index in [1.165, 1.54) is 6.21 Å². The van der Waals surface area contributed by atoms with Gasteiger partial charge >= 0.3 is 0 Å². The number of nitrogens with zero attached hydrogens (tertiary/aromatic N) is 2. The third-order valence-electron chi connectivity index (χ3n) is 3.51. The lowest BCUT2D eigenvalue weighted by atomic mass is 10.1. The standard InChI is InChI=1S/C19H15BrClN3O2/c1-12-5-6-13-8-14(19(21)23-17(13)7-12)10-22-24-18(25)11-26-16-4-2-3-15(20)9-16/h2-10H,11H2,1H3,(H,24,25). The van der Waals surface area contributed by atoms with Crippen LogP contribution in [0.2, 0.25) is 5.15 Å². The second-order valence-electron chi connectivity index (χ2n) is 5.60. The zero-order valence-electron chi connectivity index (χ0n) is 13.9. The molecule has 3 aromatic rings. The Kier molecular flexibility index (Phi) is 5.85. The molecule has 132 valence electrons. The number of rotatable bonds is 5. The largest absolute Gasteiger partial charge is 0.484 e. The molecule has 0 saturated heterocycles. The van der Waals surface area contributed by atoms with Gasteiger partial charge in [-0.05, 0) is 42.8 Å². The minimum atomic E-state index is -0.373. The molecule has 0 fully saturated rings. The van der Waals surface area contributed by atoms with Crippen LogP contribution in [0.15, 0.2) is 58.1 Å². The lowest BCUT2D eigenvalue weighted by Gasteiger charge is -2.05. The van der Waals surface area contributed by atoms with Crippen molar-refractivity contribution in [3.8, 4) is 5.75 Å². The normalized spacial score (nSPS) is 11.0. The van der Waals surface area contributed by atoms with Crippen molar-refractivity contribution in [3.05, 3.63) is 69.3 Å². The van der Waals surface area contributed by atoms with Gasteiger partial charge in [-0.15, -0.1) is 0 Å². The molecule has 1 aromatic heterocycles. The summed E-state index contributed by atoms with van der Waals surface area (Å²) >= 11 is 9.52. The Labute approximate surface area is 164 Å². The highest BCUT2D eigenvalue weighted by atomic mass is 79.9. The van der Waals surface area contributed by atoms with Crippen LogP contribution in [0.1, 0.15) is 11.1 Å². The van der Waals surface area contributed by atoms with Crippen LogP contribution in [-0.2, 0) is 4.79 Å². The molecule has 0 spiro atoms. The fourth-order valence-corrected chi connectivity index (χ4v) is 2.84. The number of amides is 1. The first kappa shape index (κ1) is 18.4. The maximum atomic E-state index is 11.8. The van der Waals surface area contributed by atoms with Crippen molar-refractivity contribution in [1.29, 1.82) is 0 Å². The summed E-state index contributed by atoms with van der Waals surface area (Å²) in [6.07, 6.45) is 1.46. The van der Waals surface area contributed by atoms with Crippen LogP contribution < -0.4 is 10.2 Å². The molecular weight excluding hydrogens is 418 g/mol. The average molecular weight is 433 g/mol. The van der Waals surface area contributed by atoms with Crippen LogP contribution in [0.5, 0.6) is 5.75 Å². The number of pyridine rings is 1. The zero-order valence-corrected chi connectivity index (χ0v) is 16.2. The number of aromatic nitrogens is 1. The number of hydrazone groups is 1. The smallest absolute Gasteiger partial charge is 0.277 e. The molecule has 0 aliphatic heterocycles. The van der Waals surface area contributed by atoms with Crippen LogP contribution in [0.25, 0.3) is 10.9 Å². The monoisotopic (exact) mass is 431 g/mol. The van der Waals surface area contributed by atoms with Crippen LogP contribution in [0, 0.1) is 6.92 Å². The first-order valence-corrected chi connectivity index (χ1v) is 8.95. The van der Waals surface area contributed by atoms with Gasteiger partial charge in [0.25, 0.3) is 5.91 Å². The molecule has 7 heteroatoms. The molecule has 2 aromatic carbocycles. The van der Waals surface area contributed by atoms with Crippen molar-refractivity contribution in [1.82, 2.24) is 10.4 Å². The van der Waals surface area contributed by atoms with Gasteiger partial charge in [0.1, 0.15) is 10.9 Å². The molecule has 0 unspecified atom stereocenters. The van der Waals surface area contributed by atoms with Gasteiger partial charge in [0.15, 0.2) is 6.61 Å². The van der Waals surface area contributed by atoms with Crippen LogP contribution >= 0.6 is 27.5 Å². The number of halogens is 2. The number of hydrogen-bond donors (Lipinski definition) is 1. The summed E-state index contributed by atoms with van der Waals surface area (Å²) in [5, 5.41) is 5.19. The van der Waals surface area contributed by atoms with E-state index in [1.807, 2.05) is 43.3 Å². The van der Waals surface area contributed by atoms with Crippen LogP contribution in [0.3, 0.4) is 0 Å². The Balaban J connectivity index is 1.61. The lowest BCUT2D eigenvalue weighted by Crippen LogP contribution is -2.24. The highest BCUT2D eigenvalue weighted by Gasteiger charge is 2.05. The maximum Gasteiger partial charge on any atom is 0.277 e. The Morgan fingerprint density at radius 1 is 1.31 bits per heavy atom. The molecule has 1 N–H and O–H groups in total. The summed E-state index contributed by atoms with van der Waals surface area (Å²) < 4.78 is 6.27. The van der Waals surface area contributed by atoms with Gasteiger partial charge in [0.05, 0.1) is 11.7 Å². The lowest BCUT2D eigenvalue weighted by molar-refractivity contribution is -0.123. The summed E-state index contributed by atoms with van der Waals surface area (Å²) in [5.74, 6) is 0.220. The third-order valence-corrected chi connectivity index (χ3v) is 4.31. The number of ether oxygens (including phenoxy) is 1. The van der Waals surface area contributed by atoms with E-state index in [0.29, 0.717) is 16.5 Å². The number of fused-ring (bicyclic) bond motifs is 1. The summed E-state index contributed by atoms with van der Waals surface area (Å²) in [6.45, 7) is 1.85. The first-order valence-electron chi connectivity index (χ1n) is 7.78. The summed E-state index contributed by atoms with van der Waals surface area (Å²) in [5.41, 5.74) is 4.96. The molecule has 1 heterocycles. The van der Waals surface area contributed by atoms with Crippen molar-refractivity contribution in [2.45, 2.75) is 6.92 Å². The molecule has 26 heavy (non-hydrogen) atoms. The Hall–Kier alpha value is -2.44. The van der Waals surface area contributed by atoms with Crippen LogP contribution in [0.4, 0.5) is 0 Å². The second kappa shape index (κ2) is 8.29. The number of aryl methyl sites for hydroxylation is 1.